The third kappa shape index (κ3) is 3.53. The molecular formula is C24H22O10. The minimum atomic E-state index is -1.23. The van der Waals surface area contributed by atoms with E-state index in [1.165, 1.54) is 12.1 Å². The van der Waals surface area contributed by atoms with E-state index in [1.54, 1.807) is 0 Å². The second-order valence-corrected chi connectivity index (χ2v) is 9.24. The van der Waals surface area contributed by atoms with Crippen molar-refractivity contribution in [2.75, 3.05) is 0 Å². The van der Waals surface area contributed by atoms with Gasteiger partial charge < -0.3 is 39.5 Å². The molecule has 0 saturated carbocycles. The maximum Gasteiger partial charge on any atom is 0.343 e. The van der Waals surface area contributed by atoms with Gasteiger partial charge in [-0.3, -0.25) is 0 Å². The summed E-state index contributed by atoms with van der Waals surface area (Å²) in [7, 11) is 0. The first-order chi connectivity index (χ1) is 15.8. The lowest BCUT2D eigenvalue weighted by Crippen LogP contribution is -2.24. The summed E-state index contributed by atoms with van der Waals surface area (Å²) in [4.78, 5) is 26.0. The summed E-state index contributed by atoms with van der Waals surface area (Å²) in [5.74, 6) is -5.06. The molecular weight excluding hydrogens is 448 g/mol. The number of aromatic hydroxyl groups is 6. The fourth-order valence-electron chi connectivity index (χ4n) is 4.06. The normalized spacial score (nSPS) is 12.1. The third-order valence-electron chi connectivity index (χ3n) is 5.58. The fraction of sp³-hybridized carbons (Fsp3) is 0.250. The van der Waals surface area contributed by atoms with Crippen LogP contribution in [0.4, 0.5) is 0 Å². The molecule has 34 heavy (non-hydrogen) atoms. The lowest BCUT2D eigenvalue weighted by molar-refractivity contribution is 0.336. The maximum atomic E-state index is 13.0. The van der Waals surface area contributed by atoms with Crippen LogP contribution in [0.25, 0.3) is 21.9 Å². The highest BCUT2D eigenvalue weighted by Gasteiger charge is 2.35. The second-order valence-electron chi connectivity index (χ2n) is 9.24. The van der Waals surface area contributed by atoms with E-state index in [-0.39, 0.29) is 28.3 Å². The van der Waals surface area contributed by atoms with E-state index in [4.69, 9.17) is 8.83 Å². The van der Waals surface area contributed by atoms with Crippen molar-refractivity contribution in [3.05, 3.63) is 56.2 Å². The minimum Gasteiger partial charge on any atom is -0.507 e. The van der Waals surface area contributed by atoms with E-state index in [2.05, 4.69) is 0 Å². The van der Waals surface area contributed by atoms with Gasteiger partial charge in [-0.1, -0.05) is 20.8 Å². The summed E-state index contributed by atoms with van der Waals surface area (Å²) >= 11 is 0. The first-order valence-electron chi connectivity index (χ1n) is 10.2. The maximum absolute atomic E-state index is 13.0. The number of fused-ring (bicyclic) bond motifs is 2. The summed E-state index contributed by atoms with van der Waals surface area (Å²) in [6.07, 6.45) is 0.0643. The van der Waals surface area contributed by atoms with Crippen molar-refractivity contribution in [2.24, 2.45) is 5.41 Å². The Morgan fingerprint density at radius 3 is 1.41 bits per heavy atom. The first kappa shape index (κ1) is 22.8. The van der Waals surface area contributed by atoms with Gasteiger partial charge in [-0.05, 0) is 36.1 Å². The van der Waals surface area contributed by atoms with Crippen molar-refractivity contribution >= 4 is 21.9 Å². The number of phenolic OH excluding ortho intramolecular Hbond substituents is 4. The van der Waals surface area contributed by atoms with Crippen molar-refractivity contribution in [1.29, 1.82) is 0 Å². The van der Waals surface area contributed by atoms with Crippen LogP contribution in [0.15, 0.2) is 42.7 Å². The van der Waals surface area contributed by atoms with Gasteiger partial charge in [0.1, 0.15) is 11.5 Å². The van der Waals surface area contributed by atoms with Crippen LogP contribution in [0.1, 0.15) is 44.2 Å². The van der Waals surface area contributed by atoms with Crippen LogP contribution >= 0.6 is 0 Å². The molecule has 178 valence electrons. The molecule has 0 unspecified atom stereocenters. The van der Waals surface area contributed by atoms with Crippen LogP contribution in [0.5, 0.6) is 34.5 Å². The van der Waals surface area contributed by atoms with Crippen molar-refractivity contribution in [3.63, 3.8) is 0 Å². The highest BCUT2D eigenvalue weighted by atomic mass is 16.4. The highest BCUT2D eigenvalue weighted by molar-refractivity contribution is 5.92. The van der Waals surface area contributed by atoms with Gasteiger partial charge in [0.2, 0.25) is 11.5 Å². The average molecular weight is 470 g/mol. The lowest BCUT2D eigenvalue weighted by atomic mass is 9.78. The van der Waals surface area contributed by atoms with Gasteiger partial charge in [-0.25, -0.2) is 9.59 Å². The topological polar surface area (TPSA) is 182 Å². The Morgan fingerprint density at radius 1 is 0.676 bits per heavy atom. The van der Waals surface area contributed by atoms with Crippen molar-refractivity contribution in [1.82, 2.24) is 0 Å². The van der Waals surface area contributed by atoms with E-state index in [0.717, 1.165) is 12.1 Å². The van der Waals surface area contributed by atoms with Gasteiger partial charge in [0, 0.05) is 5.92 Å². The smallest absolute Gasteiger partial charge is 0.343 e. The monoisotopic (exact) mass is 470 g/mol. The molecule has 6 N–H and O–H groups in total. The zero-order chi connectivity index (χ0) is 25.1. The van der Waals surface area contributed by atoms with Crippen LogP contribution in [-0.4, -0.2) is 30.6 Å². The predicted molar refractivity (Wildman–Crippen MR) is 121 cm³/mol. The second kappa shape index (κ2) is 7.62. The Bertz CT molecular complexity index is 1460. The van der Waals surface area contributed by atoms with E-state index < -0.39 is 68.2 Å². The molecule has 0 radical (unpaired) electrons. The molecule has 0 spiro atoms. The molecule has 4 aromatic rings. The molecule has 0 fully saturated rings. The summed E-state index contributed by atoms with van der Waals surface area (Å²) in [6.45, 7) is 5.44. The van der Waals surface area contributed by atoms with E-state index in [1.807, 2.05) is 20.8 Å². The number of hydrogen-bond acceptors (Lipinski definition) is 10. The van der Waals surface area contributed by atoms with Gasteiger partial charge in [0.15, 0.2) is 22.7 Å². The Labute approximate surface area is 191 Å². The summed E-state index contributed by atoms with van der Waals surface area (Å²) < 4.78 is 10.4. The molecule has 10 nitrogen and oxygen atoms in total. The van der Waals surface area contributed by atoms with Crippen molar-refractivity contribution in [2.45, 2.75) is 33.1 Å². The van der Waals surface area contributed by atoms with Crippen LogP contribution < -0.4 is 11.3 Å². The summed E-state index contributed by atoms with van der Waals surface area (Å²) in [5.41, 5.74) is -4.37. The number of benzene rings is 2. The lowest BCUT2D eigenvalue weighted by Gasteiger charge is -2.26. The molecule has 0 aliphatic carbocycles. The molecule has 0 saturated heterocycles. The highest BCUT2D eigenvalue weighted by Crippen LogP contribution is 2.46. The molecule has 4 rings (SSSR count). The summed E-state index contributed by atoms with van der Waals surface area (Å²) in [5, 5.41) is 61.3. The zero-order valence-corrected chi connectivity index (χ0v) is 18.4. The Morgan fingerprint density at radius 2 is 1.06 bits per heavy atom. The molecule has 10 heteroatoms. The third-order valence-corrected chi connectivity index (χ3v) is 5.58. The fourth-order valence-corrected chi connectivity index (χ4v) is 4.06. The Hall–Kier alpha value is -4.34. The molecule has 0 amide bonds. The molecule has 0 bridgehead atoms. The molecule has 2 aromatic carbocycles. The van der Waals surface area contributed by atoms with Crippen LogP contribution in [0, 0.1) is 5.41 Å². The first-order valence-corrected chi connectivity index (χ1v) is 10.2. The Balaban J connectivity index is 2.10. The number of rotatable bonds is 3. The largest absolute Gasteiger partial charge is 0.507 e. The van der Waals surface area contributed by atoms with Crippen molar-refractivity contribution in [3.8, 4) is 34.5 Å². The van der Waals surface area contributed by atoms with Gasteiger partial charge >= 0.3 is 11.3 Å². The van der Waals surface area contributed by atoms with Gasteiger partial charge in [-0.2, -0.15) is 0 Å². The van der Waals surface area contributed by atoms with Crippen LogP contribution in [0.2, 0.25) is 0 Å². The Kier molecular flexibility index (Phi) is 5.12. The number of hydrogen-bond donors (Lipinski definition) is 6. The van der Waals surface area contributed by atoms with E-state index in [9.17, 15) is 40.2 Å². The van der Waals surface area contributed by atoms with E-state index in [0.29, 0.717) is 0 Å². The average Bonchev–Trinajstić information content (AvgIpc) is 2.73. The standard InChI is InChI=1S/C24H22O10/c1-24(2,3)8-11(14-16(27)9-4-6-12(25)18(29)20(9)33-22(14)31)15-17(28)10-5-7-13(26)19(30)21(10)34-23(15)32/h4-7,11,25-30H,8H2,1-3H3. The van der Waals surface area contributed by atoms with Crippen LogP contribution in [-0.2, 0) is 0 Å². The number of phenols is 4. The SMILES string of the molecule is CC(C)(C)CC(c1c(O)c2ccc(O)c(O)c2oc1=O)c1c(O)c2ccc(O)c(O)c2oc1=O. The van der Waals surface area contributed by atoms with Gasteiger partial charge in [0.05, 0.1) is 21.9 Å². The van der Waals surface area contributed by atoms with Gasteiger partial charge in [-0.15, -0.1) is 0 Å². The van der Waals surface area contributed by atoms with Crippen LogP contribution in [0.3, 0.4) is 0 Å². The predicted octanol–water partition coefficient (Wildman–Crippen LogP) is 3.70. The molecule has 0 aliphatic heterocycles. The quantitative estimate of drug-likeness (QED) is 0.191. The minimum absolute atomic E-state index is 0.0643. The van der Waals surface area contributed by atoms with Gasteiger partial charge in [0.25, 0.3) is 0 Å². The van der Waals surface area contributed by atoms with E-state index >= 15 is 0 Å². The zero-order valence-electron chi connectivity index (χ0n) is 18.4. The molecule has 2 heterocycles. The molecule has 2 aromatic heterocycles. The van der Waals surface area contributed by atoms with Crippen molar-refractivity contribution < 1.29 is 39.5 Å². The molecule has 0 atom stereocenters. The molecule has 0 aliphatic rings. The summed E-state index contributed by atoms with van der Waals surface area (Å²) in [6, 6.07) is 4.64.